The Bertz CT molecular complexity index is 299. The largest absolute Gasteiger partial charge is 0.338 e. The molecule has 2 rings (SSSR count). The summed E-state index contributed by atoms with van der Waals surface area (Å²) in [5.41, 5.74) is 5.39. The molecule has 5 heteroatoms. The highest BCUT2D eigenvalue weighted by Crippen LogP contribution is 2.17. The lowest BCUT2D eigenvalue weighted by molar-refractivity contribution is 0.301. The second-order valence-corrected chi connectivity index (χ2v) is 3.79. The summed E-state index contributed by atoms with van der Waals surface area (Å²) in [4.78, 5) is 6.54. The van der Waals surface area contributed by atoms with E-state index >= 15 is 0 Å². The van der Waals surface area contributed by atoms with Crippen molar-refractivity contribution in [3.8, 4) is 0 Å². The highest BCUT2D eigenvalue weighted by atomic mass is 16.5. The molecule has 14 heavy (non-hydrogen) atoms. The molecule has 2 heterocycles. The normalized spacial score (nSPS) is 23.1. The highest BCUT2D eigenvalue weighted by molar-refractivity contribution is 4.92. The molecule has 0 spiro atoms. The van der Waals surface area contributed by atoms with E-state index in [0.29, 0.717) is 18.5 Å². The van der Waals surface area contributed by atoms with E-state index in [2.05, 4.69) is 22.1 Å². The average Bonchev–Trinajstić information content (AvgIpc) is 2.77. The zero-order chi connectivity index (χ0) is 9.97. The van der Waals surface area contributed by atoms with Crippen molar-refractivity contribution in [2.24, 2.45) is 5.73 Å². The molecule has 0 amide bonds. The number of aromatic nitrogens is 2. The van der Waals surface area contributed by atoms with Gasteiger partial charge in [-0.3, -0.25) is 0 Å². The number of rotatable bonds is 3. The Morgan fingerprint density at radius 2 is 2.50 bits per heavy atom. The van der Waals surface area contributed by atoms with Crippen LogP contribution in [0.15, 0.2) is 4.52 Å². The van der Waals surface area contributed by atoms with Gasteiger partial charge in [0.05, 0.1) is 6.54 Å². The summed E-state index contributed by atoms with van der Waals surface area (Å²) in [6, 6.07) is 0.568. The smallest absolute Gasteiger partial charge is 0.240 e. The first kappa shape index (κ1) is 9.61. The fraction of sp³-hybridized carbons (Fsp3) is 0.778. The van der Waals surface area contributed by atoms with Crippen molar-refractivity contribution < 1.29 is 4.52 Å². The molecule has 1 atom stereocenters. The van der Waals surface area contributed by atoms with Crippen molar-refractivity contribution in [1.82, 2.24) is 15.0 Å². The van der Waals surface area contributed by atoms with Crippen LogP contribution in [0.5, 0.6) is 0 Å². The summed E-state index contributed by atoms with van der Waals surface area (Å²) >= 11 is 0. The van der Waals surface area contributed by atoms with E-state index in [0.717, 1.165) is 12.2 Å². The van der Waals surface area contributed by atoms with Crippen molar-refractivity contribution >= 4 is 0 Å². The summed E-state index contributed by atoms with van der Waals surface area (Å²) in [6.07, 6.45) is 3.37. The number of likely N-dealkylation sites (tertiary alicyclic amines) is 1. The van der Waals surface area contributed by atoms with Crippen LogP contribution < -0.4 is 5.73 Å². The topological polar surface area (TPSA) is 68.2 Å². The molecule has 1 saturated heterocycles. The SMILES string of the molecule is CN1CCCC1Cc1noc(CN)n1. The van der Waals surface area contributed by atoms with Gasteiger partial charge in [0.25, 0.3) is 0 Å². The van der Waals surface area contributed by atoms with Crippen LogP contribution in [-0.4, -0.2) is 34.7 Å². The van der Waals surface area contributed by atoms with Crippen LogP contribution >= 0.6 is 0 Å². The second-order valence-electron chi connectivity index (χ2n) is 3.79. The third kappa shape index (κ3) is 1.93. The molecule has 1 aliphatic heterocycles. The molecular weight excluding hydrogens is 180 g/mol. The van der Waals surface area contributed by atoms with Crippen LogP contribution in [0.2, 0.25) is 0 Å². The molecule has 1 aromatic heterocycles. The van der Waals surface area contributed by atoms with Crippen LogP contribution in [0.25, 0.3) is 0 Å². The average molecular weight is 196 g/mol. The maximum atomic E-state index is 5.39. The molecule has 1 unspecified atom stereocenters. The number of nitrogens with zero attached hydrogens (tertiary/aromatic N) is 3. The maximum Gasteiger partial charge on any atom is 0.240 e. The maximum absolute atomic E-state index is 5.39. The van der Waals surface area contributed by atoms with Gasteiger partial charge in [-0.2, -0.15) is 4.98 Å². The second kappa shape index (κ2) is 4.06. The molecule has 2 N–H and O–H groups in total. The summed E-state index contributed by atoms with van der Waals surface area (Å²) in [5, 5.41) is 3.89. The van der Waals surface area contributed by atoms with E-state index in [9.17, 15) is 0 Å². The standard InChI is InChI=1S/C9H16N4O/c1-13-4-2-3-7(13)5-8-11-9(6-10)14-12-8/h7H,2-6,10H2,1H3. The van der Waals surface area contributed by atoms with Gasteiger partial charge in [0.2, 0.25) is 5.89 Å². The number of hydrogen-bond acceptors (Lipinski definition) is 5. The third-order valence-corrected chi connectivity index (χ3v) is 2.77. The Balaban J connectivity index is 1.96. The highest BCUT2D eigenvalue weighted by Gasteiger charge is 2.22. The molecule has 78 valence electrons. The number of nitrogens with two attached hydrogens (primary N) is 1. The number of likely N-dealkylation sites (N-methyl/N-ethyl adjacent to an activating group) is 1. The summed E-state index contributed by atoms with van der Waals surface area (Å²) < 4.78 is 4.95. The lowest BCUT2D eigenvalue weighted by atomic mass is 10.1. The zero-order valence-corrected chi connectivity index (χ0v) is 8.44. The Kier molecular flexibility index (Phi) is 2.79. The molecule has 0 radical (unpaired) electrons. The van der Waals surface area contributed by atoms with Gasteiger partial charge in [-0.1, -0.05) is 5.16 Å². The molecule has 1 fully saturated rings. The first-order valence-electron chi connectivity index (χ1n) is 5.01. The van der Waals surface area contributed by atoms with Crippen molar-refractivity contribution in [2.45, 2.75) is 31.8 Å². The Hall–Kier alpha value is -0.940. The Labute approximate surface area is 83.3 Å². The van der Waals surface area contributed by atoms with Gasteiger partial charge in [0.15, 0.2) is 5.82 Å². The van der Waals surface area contributed by atoms with Crippen molar-refractivity contribution in [3.63, 3.8) is 0 Å². The van der Waals surface area contributed by atoms with Crippen molar-refractivity contribution in [1.29, 1.82) is 0 Å². The quantitative estimate of drug-likeness (QED) is 0.746. The predicted octanol–water partition coefficient (Wildman–Crippen LogP) is 0.165. The van der Waals surface area contributed by atoms with Gasteiger partial charge in [-0.25, -0.2) is 0 Å². The van der Waals surface area contributed by atoms with Gasteiger partial charge in [-0.05, 0) is 26.4 Å². The van der Waals surface area contributed by atoms with Crippen molar-refractivity contribution in [2.75, 3.05) is 13.6 Å². The predicted molar refractivity (Wildman–Crippen MR) is 51.5 cm³/mol. The van der Waals surface area contributed by atoms with Gasteiger partial charge < -0.3 is 15.2 Å². The Morgan fingerprint density at radius 1 is 1.64 bits per heavy atom. The molecule has 5 nitrogen and oxygen atoms in total. The zero-order valence-electron chi connectivity index (χ0n) is 8.44. The van der Waals surface area contributed by atoms with E-state index in [1.54, 1.807) is 0 Å². The molecule has 1 aromatic rings. The van der Waals surface area contributed by atoms with Crippen LogP contribution in [-0.2, 0) is 13.0 Å². The molecule has 0 saturated carbocycles. The van der Waals surface area contributed by atoms with Crippen molar-refractivity contribution in [3.05, 3.63) is 11.7 Å². The molecule has 0 bridgehead atoms. The van der Waals surface area contributed by atoms with E-state index < -0.39 is 0 Å². The van der Waals surface area contributed by atoms with Crippen LogP contribution in [0.3, 0.4) is 0 Å². The van der Waals surface area contributed by atoms with Gasteiger partial charge in [-0.15, -0.1) is 0 Å². The fourth-order valence-electron chi connectivity index (χ4n) is 1.90. The van der Waals surface area contributed by atoms with Gasteiger partial charge in [0, 0.05) is 12.5 Å². The monoisotopic (exact) mass is 196 g/mol. The fourth-order valence-corrected chi connectivity index (χ4v) is 1.90. The van der Waals surface area contributed by atoms with E-state index in [1.165, 1.54) is 19.4 Å². The minimum absolute atomic E-state index is 0.327. The minimum atomic E-state index is 0.327. The molecule has 0 aliphatic carbocycles. The number of hydrogen-bond donors (Lipinski definition) is 1. The summed E-state index contributed by atoms with van der Waals surface area (Å²) in [7, 11) is 2.14. The van der Waals surface area contributed by atoms with Crippen LogP contribution in [0.1, 0.15) is 24.6 Å². The minimum Gasteiger partial charge on any atom is -0.338 e. The molecule has 0 aromatic carbocycles. The first-order chi connectivity index (χ1) is 6.79. The van der Waals surface area contributed by atoms with Crippen LogP contribution in [0, 0.1) is 0 Å². The summed E-state index contributed by atoms with van der Waals surface area (Å²) in [5.74, 6) is 1.31. The van der Waals surface area contributed by atoms with E-state index in [-0.39, 0.29) is 0 Å². The summed E-state index contributed by atoms with van der Waals surface area (Å²) in [6.45, 7) is 1.50. The first-order valence-corrected chi connectivity index (χ1v) is 5.01. The lowest BCUT2D eigenvalue weighted by Crippen LogP contribution is -2.27. The van der Waals surface area contributed by atoms with Gasteiger partial charge >= 0.3 is 0 Å². The lowest BCUT2D eigenvalue weighted by Gasteiger charge is -2.16. The molecule has 1 aliphatic rings. The van der Waals surface area contributed by atoms with Gasteiger partial charge in [0.1, 0.15) is 0 Å². The Morgan fingerprint density at radius 3 is 3.07 bits per heavy atom. The van der Waals surface area contributed by atoms with Crippen LogP contribution in [0.4, 0.5) is 0 Å². The van der Waals surface area contributed by atoms with E-state index in [4.69, 9.17) is 10.3 Å². The molecular formula is C9H16N4O. The van der Waals surface area contributed by atoms with E-state index in [1.807, 2.05) is 0 Å². The third-order valence-electron chi connectivity index (χ3n) is 2.77.